The molecule has 0 amide bonds. The number of benzene rings is 2. The Morgan fingerprint density at radius 2 is 1.80 bits per heavy atom. The second-order valence-corrected chi connectivity index (χ2v) is 5.11. The maximum Gasteiger partial charge on any atom is 0.349 e. The van der Waals surface area contributed by atoms with E-state index < -0.39 is 11.2 Å². The van der Waals surface area contributed by atoms with E-state index in [1.807, 2.05) is 24.3 Å². The SMILES string of the molecule is O=c1cnn(-c2ccc(Oc3ccc4[nH][c-]cc4c3)cc2)c(=O)[nH]1.[Rh]. The number of nitrogens with zero attached hydrogens (tertiary/aromatic N) is 2. The zero-order valence-electron chi connectivity index (χ0n) is 12.6. The number of aromatic amines is 2. The van der Waals surface area contributed by atoms with Gasteiger partial charge in [-0.15, -0.1) is 17.8 Å². The monoisotopic (exact) mass is 422 g/mol. The molecule has 0 saturated carbocycles. The van der Waals surface area contributed by atoms with E-state index in [2.05, 4.69) is 21.3 Å². The van der Waals surface area contributed by atoms with Gasteiger partial charge in [-0.2, -0.15) is 21.2 Å². The Morgan fingerprint density at radius 3 is 2.56 bits per heavy atom. The van der Waals surface area contributed by atoms with Crippen LogP contribution in [-0.4, -0.2) is 19.7 Å². The van der Waals surface area contributed by atoms with Crippen molar-refractivity contribution in [2.45, 2.75) is 0 Å². The summed E-state index contributed by atoms with van der Waals surface area (Å²) in [4.78, 5) is 27.9. The van der Waals surface area contributed by atoms with E-state index in [0.29, 0.717) is 17.2 Å². The van der Waals surface area contributed by atoms with Gasteiger partial charge >= 0.3 is 5.69 Å². The van der Waals surface area contributed by atoms with E-state index in [0.717, 1.165) is 21.8 Å². The number of fused-ring (bicyclic) bond motifs is 1. The van der Waals surface area contributed by atoms with Crippen LogP contribution in [0.15, 0.2) is 64.3 Å². The van der Waals surface area contributed by atoms with Crippen LogP contribution < -0.4 is 16.0 Å². The van der Waals surface area contributed by atoms with Gasteiger partial charge in [0.2, 0.25) is 0 Å². The smallest absolute Gasteiger partial charge is 0.349 e. The van der Waals surface area contributed by atoms with Crippen LogP contribution in [0.1, 0.15) is 0 Å². The molecular formula is C17H11N4O3Rh-. The minimum Gasteiger partial charge on any atom is -0.477 e. The molecule has 0 spiro atoms. The molecule has 2 aromatic heterocycles. The Bertz CT molecular complexity index is 1130. The molecule has 2 heterocycles. The summed E-state index contributed by atoms with van der Waals surface area (Å²) in [5.41, 5.74) is 0.388. The molecule has 0 atom stereocenters. The quantitative estimate of drug-likeness (QED) is 0.390. The number of ether oxygens (including phenoxy) is 1. The Morgan fingerprint density at radius 1 is 1.04 bits per heavy atom. The third kappa shape index (κ3) is 3.44. The van der Waals surface area contributed by atoms with E-state index in [1.54, 1.807) is 24.3 Å². The summed E-state index contributed by atoms with van der Waals surface area (Å²) < 4.78 is 6.91. The van der Waals surface area contributed by atoms with E-state index >= 15 is 0 Å². The first kappa shape index (κ1) is 16.9. The van der Waals surface area contributed by atoms with E-state index in [9.17, 15) is 9.59 Å². The normalized spacial score (nSPS) is 10.4. The molecule has 4 aromatic rings. The Hall–Kier alpha value is -2.99. The maximum atomic E-state index is 11.7. The first-order valence-corrected chi connectivity index (χ1v) is 7.15. The minimum absolute atomic E-state index is 0. The van der Waals surface area contributed by atoms with E-state index in [4.69, 9.17) is 4.74 Å². The van der Waals surface area contributed by atoms with Crippen molar-refractivity contribution in [3.8, 4) is 17.2 Å². The first-order valence-electron chi connectivity index (χ1n) is 7.15. The van der Waals surface area contributed by atoms with Crippen LogP contribution >= 0.6 is 0 Å². The summed E-state index contributed by atoms with van der Waals surface area (Å²) >= 11 is 0. The molecule has 0 saturated heterocycles. The topological polar surface area (TPSA) is 92.8 Å². The van der Waals surface area contributed by atoms with Gasteiger partial charge < -0.3 is 9.72 Å². The number of nitrogens with one attached hydrogen (secondary N) is 2. The van der Waals surface area contributed by atoms with Crippen molar-refractivity contribution < 1.29 is 24.2 Å². The second-order valence-electron chi connectivity index (χ2n) is 5.11. The van der Waals surface area contributed by atoms with Crippen molar-refractivity contribution in [3.63, 3.8) is 0 Å². The molecule has 0 aliphatic carbocycles. The molecule has 8 heteroatoms. The van der Waals surface area contributed by atoms with E-state index in [1.165, 1.54) is 0 Å². The summed E-state index contributed by atoms with van der Waals surface area (Å²) in [6, 6.07) is 14.3. The van der Waals surface area contributed by atoms with Crippen LogP contribution in [0.3, 0.4) is 0 Å². The van der Waals surface area contributed by atoms with Gasteiger partial charge in [0, 0.05) is 19.5 Å². The molecule has 2 aromatic carbocycles. The summed E-state index contributed by atoms with van der Waals surface area (Å²) in [7, 11) is 0. The fourth-order valence-corrected chi connectivity index (χ4v) is 2.36. The van der Waals surface area contributed by atoms with E-state index in [-0.39, 0.29) is 19.5 Å². The summed E-state index contributed by atoms with van der Waals surface area (Å²) in [5, 5.41) is 4.81. The number of hydrogen-bond donors (Lipinski definition) is 2. The number of aromatic nitrogens is 4. The zero-order chi connectivity index (χ0) is 16.5. The van der Waals surface area contributed by atoms with Crippen LogP contribution in [-0.2, 0) is 19.5 Å². The van der Waals surface area contributed by atoms with Crippen molar-refractivity contribution >= 4 is 10.9 Å². The van der Waals surface area contributed by atoms with Gasteiger partial charge in [-0.3, -0.25) is 9.78 Å². The van der Waals surface area contributed by atoms with Gasteiger partial charge in [0.1, 0.15) is 17.7 Å². The minimum atomic E-state index is -0.592. The third-order valence-corrected chi connectivity index (χ3v) is 3.49. The van der Waals surface area contributed by atoms with Crippen LogP contribution in [0.4, 0.5) is 0 Å². The van der Waals surface area contributed by atoms with Crippen molar-refractivity contribution in [2.24, 2.45) is 0 Å². The molecule has 1 radical (unpaired) electrons. The number of rotatable bonds is 3. The standard InChI is InChI=1S/C17H11N4O3.Rh/c22-16-10-19-21(17(23)20-16)12-1-3-13(4-2-12)24-14-5-6-15-11(9-14)7-8-18-15;/h1-7,9-10,18H,(H,20,22,23);/q-1;. The zero-order valence-corrected chi connectivity index (χ0v) is 14.3. The molecule has 0 unspecified atom stereocenters. The van der Waals surface area contributed by atoms with Gasteiger partial charge in [-0.1, -0.05) is 6.07 Å². The molecule has 0 aliphatic heterocycles. The Balaban J connectivity index is 0.00000182. The maximum absolute atomic E-state index is 11.7. The number of hydrogen-bond acceptors (Lipinski definition) is 4. The molecule has 0 aliphatic rings. The molecular weight excluding hydrogens is 411 g/mol. The average Bonchev–Trinajstić information content (AvgIpc) is 3.04. The van der Waals surface area contributed by atoms with Crippen LogP contribution in [0.2, 0.25) is 0 Å². The summed E-state index contributed by atoms with van der Waals surface area (Å²) in [6.07, 6.45) is 3.97. The van der Waals surface area contributed by atoms with Crippen LogP contribution in [0, 0.1) is 6.20 Å². The largest absolute Gasteiger partial charge is 0.477 e. The van der Waals surface area contributed by atoms with Crippen molar-refractivity contribution in [2.75, 3.05) is 0 Å². The van der Waals surface area contributed by atoms with Crippen molar-refractivity contribution in [1.82, 2.24) is 19.7 Å². The Kier molecular flexibility index (Phi) is 4.63. The average molecular weight is 422 g/mol. The molecule has 4 rings (SSSR count). The molecule has 2 N–H and O–H groups in total. The molecule has 25 heavy (non-hydrogen) atoms. The predicted octanol–water partition coefficient (Wildman–Crippen LogP) is 1.99. The molecule has 127 valence electrons. The van der Waals surface area contributed by atoms with Gasteiger partial charge in [0.15, 0.2) is 0 Å². The third-order valence-electron chi connectivity index (χ3n) is 3.49. The van der Waals surface area contributed by atoms with Gasteiger partial charge in [-0.25, -0.2) is 4.79 Å². The van der Waals surface area contributed by atoms with Crippen LogP contribution in [0.25, 0.3) is 16.6 Å². The predicted molar refractivity (Wildman–Crippen MR) is 87.7 cm³/mol. The molecule has 0 fully saturated rings. The van der Waals surface area contributed by atoms with Crippen molar-refractivity contribution in [1.29, 1.82) is 0 Å². The van der Waals surface area contributed by atoms with Crippen LogP contribution in [0.5, 0.6) is 11.5 Å². The van der Waals surface area contributed by atoms with Crippen molar-refractivity contribution in [3.05, 3.63) is 81.8 Å². The molecule has 0 bridgehead atoms. The van der Waals surface area contributed by atoms with Gasteiger partial charge in [0.05, 0.1) is 5.69 Å². The Labute approximate surface area is 154 Å². The number of H-pyrrole nitrogens is 2. The summed E-state index contributed by atoms with van der Waals surface area (Å²) in [6.45, 7) is 0. The fraction of sp³-hybridized carbons (Fsp3) is 0. The van der Waals surface area contributed by atoms with Gasteiger partial charge in [-0.05, 0) is 30.3 Å². The van der Waals surface area contributed by atoms with Gasteiger partial charge in [0.25, 0.3) is 5.56 Å². The first-order chi connectivity index (χ1) is 11.7. The second kappa shape index (κ2) is 6.87. The molecule has 7 nitrogen and oxygen atoms in total. The fourth-order valence-electron chi connectivity index (χ4n) is 2.36. The summed E-state index contributed by atoms with van der Waals surface area (Å²) in [5.74, 6) is 1.32.